The summed E-state index contributed by atoms with van der Waals surface area (Å²) in [5.41, 5.74) is 1.76. The maximum atomic E-state index is 13.4. The van der Waals surface area contributed by atoms with Gasteiger partial charge in [-0.3, -0.25) is 14.4 Å². The van der Waals surface area contributed by atoms with E-state index < -0.39 is 0 Å². The summed E-state index contributed by atoms with van der Waals surface area (Å²) in [6, 6.07) is 14.3. The van der Waals surface area contributed by atoms with Gasteiger partial charge in [0.1, 0.15) is 12.4 Å². The highest BCUT2D eigenvalue weighted by atomic mass is 16.5. The average Bonchev–Trinajstić information content (AvgIpc) is 2.83. The van der Waals surface area contributed by atoms with Crippen molar-refractivity contribution in [2.45, 2.75) is 39.3 Å². The van der Waals surface area contributed by atoms with Crippen LogP contribution < -0.4 is 10.1 Å². The Balaban J connectivity index is 1.88. The van der Waals surface area contributed by atoms with E-state index in [1.165, 1.54) is 0 Å². The molecule has 0 unspecified atom stereocenters. The standard InChI is InChI=1S/C27H35N3O5/c1-18-15-30(20(3)31)19(2)17-35-24-12-11-22(28-26(32)13-21-9-7-6-8-10-21)14-23(24)27(33)29(4)16-25(18)34-5/h6-12,14,18-19,25H,13,15-17H2,1-5H3,(H,28,32)/t18-,19-,25+/m0/s1. The molecular weight excluding hydrogens is 446 g/mol. The van der Waals surface area contributed by atoms with Crippen LogP contribution in [0.5, 0.6) is 5.75 Å². The zero-order chi connectivity index (χ0) is 25.5. The summed E-state index contributed by atoms with van der Waals surface area (Å²) in [5, 5.41) is 2.88. The van der Waals surface area contributed by atoms with Gasteiger partial charge in [-0.15, -0.1) is 0 Å². The highest BCUT2D eigenvalue weighted by Crippen LogP contribution is 2.26. The second-order valence-electron chi connectivity index (χ2n) is 9.19. The SMILES string of the molecule is CO[C@@H]1CN(C)C(=O)c2cc(NC(=O)Cc3ccccc3)ccc2OC[C@H](C)N(C(C)=O)C[C@@H]1C. The monoisotopic (exact) mass is 481 g/mol. The number of fused-ring (bicyclic) bond motifs is 1. The summed E-state index contributed by atoms with van der Waals surface area (Å²) in [5.74, 6) is -0.0407. The number of likely N-dealkylation sites (N-methyl/N-ethyl adjacent to an activating group) is 1. The largest absolute Gasteiger partial charge is 0.491 e. The van der Waals surface area contributed by atoms with Crippen molar-refractivity contribution in [3.8, 4) is 5.75 Å². The van der Waals surface area contributed by atoms with E-state index in [1.54, 1.807) is 49.1 Å². The molecule has 0 aromatic heterocycles. The zero-order valence-electron chi connectivity index (χ0n) is 21.1. The van der Waals surface area contributed by atoms with Crippen LogP contribution in [0.1, 0.15) is 36.7 Å². The normalized spacial score (nSPS) is 21.3. The lowest BCUT2D eigenvalue weighted by molar-refractivity contribution is -0.133. The molecule has 3 rings (SSSR count). The van der Waals surface area contributed by atoms with Crippen LogP contribution in [0.4, 0.5) is 5.69 Å². The van der Waals surface area contributed by atoms with Gasteiger partial charge in [0, 0.05) is 45.8 Å². The van der Waals surface area contributed by atoms with Crippen molar-refractivity contribution in [2.24, 2.45) is 5.92 Å². The van der Waals surface area contributed by atoms with Crippen molar-refractivity contribution in [1.29, 1.82) is 0 Å². The summed E-state index contributed by atoms with van der Waals surface area (Å²) < 4.78 is 11.7. The van der Waals surface area contributed by atoms with Gasteiger partial charge in [0.2, 0.25) is 11.8 Å². The second kappa shape index (κ2) is 11.8. The van der Waals surface area contributed by atoms with Crippen LogP contribution in [0.25, 0.3) is 0 Å². The lowest BCUT2D eigenvalue weighted by Gasteiger charge is -2.35. The van der Waals surface area contributed by atoms with Gasteiger partial charge in [-0.25, -0.2) is 0 Å². The third-order valence-corrected chi connectivity index (χ3v) is 6.34. The third-order valence-electron chi connectivity index (χ3n) is 6.34. The molecule has 0 aliphatic carbocycles. The summed E-state index contributed by atoms with van der Waals surface area (Å²) in [7, 11) is 3.33. The molecule has 8 heteroatoms. The van der Waals surface area contributed by atoms with E-state index >= 15 is 0 Å². The van der Waals surface area contributed by atoms with Gasteiger partial charge >= 0.3 is 0 Å². The quantitative estimate of drug-likeness (QED) is 0.725. The average molecular weight is 482 g/mol. The van der Waals surface area contributed by atoms with Crippen molar-refractivity contribution < 1.29 is 23.9 Å². The molecule has 8 nitrogen and oxygen atoms in total. The number of hydrogen-bond donors (Lipinski definition) is 1. The summed E-state index contributed by atoms with van der Waals surface area (Å²) in [6.07, 6.45) is -0.0239. The highest BCUT2D eigenvalue weighted by Gasteiger charge is 2.29. The Kier molecular flexibility index (Phi) is 8.87. The van der Waals surface area contributed by atoms with Crippen LogP contribution in [0.2, 0.25) is 0 Å². The van der Waals surface area contributed by atoms with Crippen molar-refractivity contribution in [2.75, 3.05) is 39.2 Å². The molecule has 2 aromatic carbocycles. The molecule has 3 amide bonds. The van der Waals surface area contributed by atoms with Crippen molar-refractivity contribution in [3.63, 3.8) is 0 Å². The summed E-state index contributed by atoms with van der Waals surface area (Å²) in [4.78, 5) is 41.7. The van der Waals surface area contributed by atoms with E-state index in [0.29, 0.717) is 30.1 Å². The molecule has 1 N–H and O–H groups in total. The Labute approximate surface area is 207 Å². The van der Waals surface area contributed by atoms with Crippen LogP contribution >= 0.6 is 0 Å². The molecule has 0 spiro atoms. The molecule has 1 aliphatic heterocycles. The van der Waals surface area contributed by atoms with Gasteiger partial charge in [-0.1, -0.05) is 37.3 Å². The van der Waals surface area contributed by atoms with Gasteiger partial charge in [0.25, 0.3) is 5.91 Å². The van der Waals surface area contributed by atoms with Crippen molar-refractivity contribution in [1.82, 2.24) is 9.80 Å². The van der Waals surface area contributed by atoms with E-state index in [0.717, 1.165) is 5.56 Å². The molecule has 35 heavy (non-hydrogen) atoms. The first-order chi connectivity index (χ1) is 16.7. The molecule has 0 fully saturated rings. The predicted molar refractivity (Wildman–Crippen MR) is 134 cm³/mol. The number of hydrogen-bond acceptors (Lipinski definition) is 5. The maximum absolute atomic E-state index is 13.4. The van der Waals surface area contributed by atoms with Crippen LogP contribution in [-0.4, -0.2) is 73.5 Å². The molecule has 1 heterocycles. The van der Waals surface area contributed by atoms with Gasteiger partial charge in [0.05, 0.1) is 24.1 Å². The molecule has 0 bridgehead atoms. The van der Waals surface area contributed by atoms with Crippen LogP contribution in [0.15, 0.2) is 48.5 Å². The molecule has 0 saturated heterocycles. The third kappa shape index (κ3) is 6.82. The summed E-state index contributed by atoms with van der Waals surface area (Å²) >= 11 is 0. The molecule has 1 aliphatic rings. The van der Waals surface area contributed by atoms with E-state index in [9.17, 15) is 14.4 Å². The smallest absolute Gasteiger partial charge is 0.257 e. The van der Waals surface area contributed by atoms with E-state index in [1.807, 2.05) is 44.2 Å². The minimum atomic E-state index is -0.254. The molecule has 3 atom stereocenters. The number of anilines is 1. The Morgan fingerprint density at radius 1 is 1.11 bits per heavy atom. The predicted octanol–water partition coefficient (Wildman–Crippen LogP) is 3.22. The van der Waals surface area contributed by atoms with Gasteiger partial charge in [-0.2, -0.15) is 0 Å². The number of ether oxygens (including phenoxy) is 2. The zero-order valence-corrected chi connectivity index (χ0v) is 21.1. The number of nitrogens with zero attached hydrogens (tertiary/aromatic N) is 2. The molecular formula is C27H35N3O5. The first-order valence-corrected chi connectivity index (χ1v) is 11.9. The number of amides is 3. The van der Waals surface area contributed by atoms with E-state index in [-0.39, 0.29) is 48.8 Å². The lowest BCUT2D eigenvalue weighted by Crippen LogP contribution is -2.48. The number of rotatable bonds is 4. The fourth-order valence-electron chi connectivity index (χ4n) is 4.28. The summed E-state index contributed by atoms with van der Waals surface area (Å²) in [6.45, 7) is 6.56. The maximum Gasteiger partial charge on any atom is 0.257 e. The Hall–Kier alpha value is -3.39. The van der Waals surface area contributed by atoms with E-state index in [4.69, 9.17) is 9.47 Å². The Morgan fingerprint density at radius 2 is 1.83 bits per heavy atom. The Bertz CT molecular complexity index is 1040. The fraction of sp³-hybridized carbons (Fsp3) is 0.444. The van der Waals surface area contributed by atoms with Gasteiger partial charge in [0.15, 0.2) is 0 Å². The van der Waals surface area contributed by atoms with Gasteiger partial charge < -0.3 is 24.6 Å². The second-order valence-corrected chi connectivity index (χ2v) is 9.19. The minimum absolute atomic E-state index is 0.00380. The minimum Gasteiger partial charge on any atom is -0.491 e. The Morgan fingerprint density at radius 3 is 2.49 bits per heavy atom. The number of benzene rings is 2. The van der Waals surface area contributed by atoms with Crippen LogP contribution in [-0.2, 0) is 20.7 Å². The molecule has 2 aromatic rings. The molecule has 188 valence electrons. The number of nitrogens with one attached hydrogen (secondary N) is 1. The first kappa shape index (κ1) is 26.2. The first-order valence-electron chi connectivity index (χ1n) is 11.9. The van der Waals surface area contributed by atoms with Crippen molar-refractivity contribution in [3.05, 3.63) is 59.7 Å². The van der Waals surface area contributed by atoms with Crippen LogP contribution in [0, 0.1) is 5.92 Å². The van der Waals surface area contributed by atoms with Crippen LogP contribution in [0.3, 0.4) is 0 Å². The number of methoxy groups -OCH3 is 1. The van der Waals surface area contributed by atoms with Crippen molar-refractivity contribution >= 4 is 23.4 Å². The molecule has 0 radical (unpaired) electrons. The highest BCUT2D eigenvalue weighted by molar-refractivity contribution is 5.99. The van der Waals surface area contributed by atoms with E-state index in [2.05, 4.69) is 5.32 Å². The topological polar surface area (TPSA) is 88.2 Å². The fourth-order valence-corrected chi connectivity index (χ4v) is 4.28. The van der Waals surface area contributed by atoms with Gasteiger partial charge in [-0.05, 0) is 30.7 Å². The number of carbonyl (C=O) groups excluding carboxylic acids is 3. The molecule has 0 saturated carbocycles. The number of carbonyl (C=O) groups is 3. The lowest BCUT2D eigenvalue weighted by atomic mass is 10.0.